The van der Waals surface area contributed by atoms with Gasteiger partial charge in [-0.25, -0.2) is 4.98 Å². The number of fused-ring (bicyclic) bond motifs is 1. The highest BCUT2D eigenvalue weighted by molar-refractivity contribution is 9.10. The summed E-state index contributed by atoms with van der Waals surface area (Å²) in [4.78, 5) is 17.9. The molecular weight excluding hydrogens is 446 g/mol. The summed E-state index contributed by atoms with van der Waals surface area (Å²) in [6, 6.07) is 10.9. The molecular formula is C23H22BrN3O3. The minimum Gasteiger partial charge on any atom is -0.493 e. The first-order chi connectivity index (χ1) is 14.6. The van der Waals surface area contributed by atoms with Gasteiger partial charge in [-0.1, -0.05) is 41.3 Å². The lowest BCUT2D eigenvalue weighted by Gasteiger charge is -2.12. The maximum absolute atomic E-state index is 13.2. The molecule has 0 aliphatic carbocycles. The van der Waals surface area contributed by atoms with E-state index in [4.69, 9.17) is 15.9 Å². The summed E-state index contributed by atoms with van der Waals surface area (Å²) < 4.78 is 13.2. The number of hydrogen-bond acceptors (Lipinski definition) is 5. The number of aromatic nitrogens is 2. The van der Waals surface area contributed by atoms with Gasteiger partial charge in [0.2, 0.25) is 0 Å². The minimum atomic E-state index is -0.224. The Balaban J connectivity index is 2.13. The maximum Gasteiger partial charge on any atom is 0.282 e. The maximum atomic E-state index is 13.2. The van der Waals surface area contributed by atoms with E-state index in [0.29, 0.717) is 40.2 Å². The van der Waals surface area contributed by atoms with E-state index in [-0.39, 0.29) is 12.2 Å². The normalized spacial score (nSPS) is 11.0. The Morgan fingerprint density at radius 3 is 2.90 bits per heavy atom. The van der Waals surface area contributed by atoms with Crippen molar-refractivity contribution in [3.8, 4) is 23.8 Å². The smallest absolute Gasteiger partial charge is 0.282 e. The van der Waals surface area contributed by atoms with E-state index in [1.807, 2.05) is 24.3 Å². The third-order valence-electron chi connectivity index (χ3n) is 4.47. The molecule has 0 unspecified atom stereocenters. The van der Waals surface area contributed by atoms with Gasteiger partial charge in [0, 0.05) is 16.5 Å². The van der Waals surface area contributed by atoms with Crippen LogP contribution in [0.4, 0.5) is 0 Å². The quantitative estimate of drug-likeness (QED) is 0.363. The van der Waals surface area contributed by atoms with Gasteiger partial charge in [-0.3, -0.25) is 4.79 Å². The van der Waals surface area contributed by atoms with Crippen LogP contribution < -0.4 is 15.0 Å². The average Bonchev–Trinajstić information content (AvgIpc) is 2.76. The van der Waals surface area contributed by atoms with Crippen molar-refractivity contribution in [3.05, 3.63) is 62.6 Å². The molecule has 154 valence electrons. The lowest BCUT2D eigenvalue weighted by atomic mass is 10.2. The van der Waals surface area contributed by atoms with Gasteiger partial charge in [0.1, 0.15) is 12.4 Å². The van der Waals surface area contributed by atoms with Gasteiger partial charge in [0.25, 0.3) is 5.56 Å². The second-order valence-electron chi connectivity index (χ2n) is 6.53. The van der Waals surface area contributed by atoms with Crippen LogP contribution in [0.1, 0.15) is 31.2 Å². The molecule has 0 saturated heterocycles. The minimum absolute atomic E-state index is 0.0917. The van der Waals surface area contributed by atoms with E-state index >= 15 is 0 Å². The van der Waals surface area contributed by atoms with Crippen molar-refractivity contribution in [2.75, 3.05) is 13.7 Å². The van der Waals surface area contributed by atoms with E-state index in [9.17, 15) is 4.79 Å². The number of ether oxygens (including phenoxy) is 2. The Morgan fingerprint density at radius 1 is 1.33 bits per heavy atom. The number of para-hydroxylation sites is 1. The lowest BCUT2D eigenvalue weighted by Crippen LogP contribution is -2.22. The van der Waals surface area contributed by atoms with Gasteiger partial charge in [0.05, 0.1) is 24.2 Å². The van der Waals surface area contributed by atoms with E-state index in [1.54, 1.807) is 25.5 Å². The highest BCUT2D eigenvalue weighted by Crippen LogP contribution is 2.30. The number of aryl methyl sites for hydroxylation is 1. The zero-order valence-electron chi connectivity index (χ0n) is 16.9. The number of unbranched alkanes of at least 4 members (excludes halogenated alkanes) is 1. The summed E-state index contributed by atoms with van der Waals surface area (Å²) in [5.74, 6) is 4.07. The van der Waals surface area contributed by atoms with Crippen molar-refractivity contribution in [1.29, 1.82) is 0 Å². The molecule has 0 bridgehead atoms. The number of nitrogens with zero attached hydrogens (tertiary/aromatic N) is 3. The summed E-state index contributed by atoms with van der Waals surface area (Å²) in [5, 5.41) is 4.96. The number of rotatable bonds is 8. The predicted molar refractivity (Wildman–Crippen MR) is 123 cm³/mol. The summed E-state index contributed by atoms with van der Waals surface area (Å²) >= 11 is 3.42. The highest BCUT2D eigenvalue weighted by atomic mass is 79.9. The second kappa shape index (κ2) is 10.1. The highest BCUT2D eigenvalue weighted by Gasteiger charge is 2.12. The molecule has 6 nitrogen and oxygen atoms in total. The fourth-order valence-electron chi connectivity index (χ4n) is 2.99. The number of methoxy groups -OCH3 is 1. The topological polar surface area (TPSA) is 65.7 Å². The molecule has 1 aromatic heterocycles. The molecule has 0 fully saturated rings. The van der Waals surface area contributed by atoms with Crippen LogP contribution in [0.2, 0.25) is 0 Å². The van der Waals surface area contributed by atoms with Crippen LogP contribution in [0.5, 0.6) is 11.5 Å². The van der Waals surface area contributed by atoms with Gasteiger partial charge >= 0.3 is 0 Å². The molecule has 0 radical (unpaired) electrons. The number of halogens is 1. The first kappa shape index (κ1) is 21.6. The van der Waals surface area contributed by atoms with Crippen LogP contribution in [0.3, 0.4) is 0 Å². The van der Waals surface area contributed by atoms with Crippen LogP contribution in [0.15, 0.2) is 50.8 Å². The molecule has 0 saturated carbocycles. The van der Waals surface area contributed by atoms with Crippen molar-refractivity contribution in [2.45, 2.75) is 26.2 Å². The van der Waals surface area contributed by atoms with Crippen LogP contribution in [0, 0.1) is 12.3 Å². The number of terminal acetylenes is 1. The fourth-order valence-corrected chi connectivity index (χ4v) is 3.36. The monoisotopic (exact) mass is 467 g/mol. The van der Waals surface area contributed by atoms with E-state index in [1.165, 1.54) is 4.68 Å². The van der Waals surface area contributed by atoms with Crippen molar-refractivity contribution in [2.24, 2.45) is 5.10 Å². The van der Waals surface area contributed by atoms with E-state index in [2.05, 4.69) is 38.9 Å². The van der Waals surface area contributed by atoms with Gasteiger partial charge in [0.15, 0.2) is 11.5 Å². The molecule has 0 atom stereocenters. The van der Waals surface area contributed by atoms with Crippen molar-refractivity contribution in [3.63, 3.8) is 0 Å². The first-order valence-corrected chi connectivity index (χ1v) is 10.4. The van der Waals surface area contributed by atoms with Gasteiger partial charge in [-0.05, 0) is 36.8 Å². The van der Waals surface area contributed by atoms with Crippen LogP contribution >= 0.6 is 15.9 Å². The Labute approximate surface area is 183 Å². The average molecular weight is 468 g/mol. The van der Waals surface area contributed by atoms with Gasteiger partial charge < -0.3 is 9.47 Å². The third-order valence-corrected chi connectivity index (χ3v) is 4.96. The summed E-state index contributed by atoms with van der Waals surface area (Å²) in [5.41, 5.74) is 1.07. The summed E-state index contributed by atoms with van der Waals surface area (Å²) in [6.45, 7) is 2.18. The molecule has 0 spiro atoms. The SMILES string of the molecule is C#CCOc1c(C=Nn2c(CCCC)nc3ccc(Br)cc3c2=O)cccc1OC. The number of hydrogen-bond donors (Lipinski definition) is 0. The van der Waals surface area contributed by atoms with Crippen molar-refractivity contribution < 1.29 is 9.47 Å². The Hall–Kier alpha value is -3.11. The molecule has 2 aromatic carbocycles. The van der Waals surface area contributed by atoms with Gasteiger partial charge in [-0.2, -0.15) is 9.78 Å². The molecule has 0 aliphatic heterocycles. The van der Waals surface area contributed by atoms with E-state index < -0.39 is 0 Å². The zero-order valence-corrected chi connectivity index (χ0v) is 18.5. The Morgan fingerprint density at radius 2 is 2.17 bits per heavy atom. The van der Waals surface area contributed by atoms with Crippen LogP contribution in [0.25, 0.3) is 10.9 Å². The van der Waals surface area contributed by atoms with Crippen molar-refractivity contribution >= 4 is 33.0 Å². The Bertz CT molecular complexity index is 1180. The second-order valence-corrected chi connectivity index (χ2v) is 7.44. The van der Waals surface area contributed by atoms with Crippen molar-refractivity contribution in [1.82, 2.24) is 9.66 Å². The molecule has 0 N–H and O–H groups in total. The summed E-state index contributed by atoms with van der Waals surface area (Å²) in [7, 11) is 1.55. The molecule has 3 rings (SSSR count). The summed E-state index contributed by atoms with van der Waals surface area (Å²) in [6.07, 6.45) is 9.43. The largest absolute Gasteiger partial charge is 0.493 e. The standard InChI is InChI=1S/C23H22BrN3O3/c1-4-6-10-21-26-19-12-11-17(24)14-18(19)23(28)27(21)25-15-16-8-7-9-20(29-3)22(16)30-13-5-2/h2,7-9,11-12,14-15H,4,6,10,13H2,1,3H3. The molecule has 30 heavy (non-hydrogen) atoms. The fraction of sp³-hybridized carbons (Fsp3) is 0.261. The molecule has 1 heterocycles. The predicted octanol–water partition coefficient (Wildman–Crippen LogP) is 4.40. The third kappa shape index (κ3) is 4.71. The van der Waals surface area contributed by atoms with Crippen LogP contribution in [-0.4, -0.2) is 29.6 Å². The van der Waals surface area contributed by atoms with Gasteiger partial charge in [-0.15, -0.1) is 6.42 Å². The van der Waals surface area contributed by atoms with E-state index in [0.717, 1.165) is 17.3 Å². The zero-order chi connectivity index (χ0) is 21.5. The number of benzene rings is 2. The molecule has 7 heteroatoms. The molecule has 3 aromatic rings. The Kier molecular flexibility index (Phi) is 7.26. The van der Waals surface area contributed by atoms with Crippen LogP contribution in [-0.2, 0) is 6.42 Å². The molecule has 0 amide bonds. The lowest BCUT2D eigenvalue weighted by molar-refractivity contribution is 0.330. The molecule has 0 aliphatic rings. The first-order valence-electron chi connectivity index (χ1n) is 9.57.